The van der Waals surface area contributed by atoms with Gasteiger partial charge in [0.25, 0.3) is 0 Å². The van der Waals surface area contributed by atoms with Crippen LogP contribution in [-0.4, -0.2) is 27.5 Å². The van der Waals surface area contributed by atoms with Gasteiger partial charge in [-0.2, -0.15) is 4.98 Å². The molecule has 1 aliphatic rings. The Morgan fingerprint density at radius 3 is 3.00 bits per heavy atom. The molecule has 2 heterocycles. The predicted octanol–water partition coefficient (Wildman–Crippen LogP) is 3.88. The Morgan fingerprint density at radius 1 is 1.41 bits per heavy atom. The topological polar surface area (TPSA) is 59.2 Å². The average molecular weight is 364 g/mol. The van der Waals surface area contributed by atoms with E-state index in [9.17, 15) is 4.79 Å². The van der Waals surface area contributed by atoms with Crippen LogP contribution in [0.4, 0.5) is 0 Å². The molecule has 116 valence electrons. The minimum absolute atomic E-state index is 0.0584. The second-order valence-electron chi connectivity index (χ2n) is 5.64. The minimum atomic E-state index is -0.0973. The minimum Gasteiger partial charge on any atom is -0.337 e. The fourth-order valence-corrected chi connectivity index (χ4v) is 3.24. The number of hydrogen-bond acceptors (Lipinski definition) is 4. The Bertz CT molecular complexity index is 698. The van der Waals surface area contributed by atoms with Gasteiger partial charge >= 0.3 is 0 Å². The number of benzene rings is 1. The Hall–Kier alpha value is -1.69. The van der Waals surface area contributed by atoms with Crippen LogP contribution in [0.3, 0.4) is 0 Å². The molecule has 6 heteroatoms. The van der Waals surface area contributed by atoms with Gasteiger partial charge in [-0.05, 0) is 43.9 Å². The highest BCUT2D eigenvalue weighted by atomic mass is 79.9. The highest BCUT2D eigenvalue weighted by molar-refractivity contribution is 9.10. The van der Waals surface area contributed by atoms with E-state index in [1.807, 2.05) is 30.0 Å². The van der Waals surface area contributed by atoms with Crippen molar-refractivity contribution in [1.29, 1.82) is 0 Å². The van der Waals surface area contributed by atoms with Crippen LogP contribution < -0.4 is 0 Å². The zero-order valence-electron chi connectivity index (χ0n) is 12.7. The Balaban J connectivity index is 1.93. The van der Waals surface area contributed by atoms with Gasteiger partial charge in [-0.15, -0.1) is 0 Å². The van der Waals surface area contributed by atoms with E-state index in [1.54, 1.807) is 6.92 Å². The molecule has 0 N–H and O–H groups in total. The van der Waals surface area contributed by atoms with Crippen LogP contribution in [-0.2, 0) is 4.79 Å². The molecule has 0 aliphatic carbocycles. The zero-order chi connectivity index (χ0) is 15.7. The van der Waals surface area contributed by atoms with Crippen molar-refractivity contribution in [2.75, 3.05) is 6.54 Å². The number of aromatic nitrogens is 2. The Labute approximate surface area is 137 Å². The molecular formula is C16H18BrN3O2. The summed E-state index contributed by atoms with van der Waals surface area (Å²) in [6, 6.07) is 5.88. The van der Waals surface area contributed by atoms with Crippen molar-refractivity contribution in [2.45, 2.75) is 39.2 Å². The molecule has 0 radical (unpaired) electrons. The number of amides is 1. The first-order valence-corrected chi connectivity index (χ1v) is 8.23. The number of carbonyl (C=O) groups is 1. The van der Waals surface area contributed by atoms with E-state index in [0.717, 1.165) is 41.4 Å². The summed E-state index contributed by atoms with van der Waals surface area (Å²) in [5, 5.41) is 4.11. The molecule has 0 spiro atoms. The third-order valence-corrected chi connectivity index (χ3v) is 4.57. The number of halogens is 1. The number of rotatable bonds is 2. The third kappa shape index (κ3) is 2.92. The van der Waals surface area contributed by atoms with Crippen LogP contribution in [0.5, 0.6) is 0 Å². The molecule has 5 nitrogen and oxygen atoms in total. The van der Waals surface area contributed by atoms with Crippen molar-refractivity contribution in [3.8, 4) is 11.4 Å². The Morgan fingerprint density at radius 2 is 2.23 bits per heavy atom. The Kier molecular flexibility index (Phi) is 4.29. The quantitative estimate of drug-likeness (QED) is 0.812. The maximum Gasteiger partial charge on any atom is 0.249 e. The van der Waals surface area contributed by atoms with E-state index in [4.69, 9.17) is 4.52 Å². The summed E-state index contributed by atoms with van der Waals surface area (Å²) in [6.45, 7) is 4.36. The molecule has 1 aromatic heterocycles. The summed E-state index contributed by atoms with van der Waals surface area (Å²) in [6.07, 6.45) is 2.97. The van der Waals surface area contributed by atoms with Gasteiger partial charge in [0.2, 0.25) is 17.6 Å². The monoisotopic (exact) mass is 363 g/mol. The molecular weight excluding hydrogens is 346 g/mol. The molecule has 1 amide bonds. The molecule has 1 unspecified atom stereocenters. The third-order valence-electron chi connectivity index (χ3n) is 4.07. The van der Waals surface area contributed by atoms with Gasteiger partial charge in [0, 0.05) is 23.5 Å². The lowest BCUT2D eigenvalue weighted by atomic mass is 10.0. The molecule has 1 fully saturated rings. The van der Waals surface area contributed by atoms with E-state index in [2.05, 4.69) is 26.1 Å². The number of piperidine rings is 1. The summed E-state index contributed by atoms with van der Waals surface area (Å²) in [5.41, 5.74) is 2.03. The van der Waals surface area contributed by atoms with E-state index < -0.39 is 0 Å². The van der Waals surface area contributed by atoms with E-state index in [1.165, 1.54) is 0 Å². The lowest BCUT2D eigenvalue weighted by molar-refractivity contribution is -0.133. The molecule has 0 saturated carbocycles. The molecule has 22 heavy (non-hydrogen) atoms. The van der Waals surface area contributed by atoms with E-state index in [0.29, 0.717) is 11.7 Å². The van der Waals surface area contributed by atoms with Crippen molar-refractivity contribution in [2.24, 2.45) is 0 Å². The van der Waals surface area contributed by atoms with Gasteiger partial charge in [0.05, 0.1) is 0 Å². The number of likely N-dealkylation sites (tertiary alicyclic amines) is 1. The number of hydrogen-bond donors (Lipinski definition) is 0. The standard InChI is InChI=1S/C16H18BrN3O2/c1-10-6-7-12(17)9-13(10)15-18-16(22-19-15)14-5-3-4-8-20(14)11(2)21/h6-7,9,14H,3-5,8H2,1-2H3. The first kappa shape index (κ1) is 15.2. The molecule has 1 atom stereocenters. The molecule has 2 aromatic rings. The predicted molar refractivity (Wildman–Crippen MR) is 86.2 cm³/mol. The van der Waals surface area contributed by atoms with Gasteiger partial charge in [0.15, 0.2) is 0 Å². The van der Waals surface area contributed by atoms with Crippen molar-refractivity contribution in [3.05, 3.63) is 34.1 Å². The van der Waals surface area contributed by atoms with Crippen LogP contribution in [0.2, 0.25) is 0 Å². The van der Waals surface area contributed by atoms with Crippen LogP contribution in [0, 0.1) is 6.92 Å². The maximum absolute atomic E-state index is 11.8. The highest BCUT2D eigenvalue weighted by Crippen LogP contribution is 2.32. The summed E-state index contributed by atoms with van der Waals surface area (Å²) in [5.74, 6) is 1.16. The summed E-state index contributed by atoms with van der Waals surface area (Å²) < 4.78 is 6.44. The lowest BCUT2D eigenvalue weighted by Gasteiger charge is -2.32. The first-order valence-electron chi connectivity index (χ1n) is 7.43. The van der Waals surface area contributed by atoms with Crippen molar-refractivity contribution >= 4 is 21.8 Å². The van der Waals surface area contributed by atoms with Gasteiger partial charge in [-0.3, -0.25) is 4.79 Å². The van der Waals surface area contributed by atoms with E-state index >= 15 is 0 Å². The van der Waals surface area contributed by atoms with Crippen molar-refractivity contribution in [3.63, 3.8) is 0 Å². The molecule has 1 saturated heterocycles. The van der Waals surface area contributed by atoms with Crippen LogP contribution >= 0.6 is 15.9 Å². The molecule has 1 aliphatic heterocycles. The second-order valence-corrected chi connectivity index (χ2v) is 6.56. The van der Waals surface area contributed by atoms with Gasteiger partial charge in [-0.1, -0.05) is 27.2 Å². The van der Waals surface area contributed by atoms with Crippen LogP contribution in [0.1, 0.15) is 43.7 Å². The fourth-order valence-electron chi connectivity index (χ4n) is 2.88. The fraction of sp³-hybridized carbons (Fsp3) is 0.438. The van der Waals surface area contributed by atoms with Crippen molar-refractivity contribution in [1.82, 2.24) is 15.0 Å². The zero-order valence-corrected chi connectivity index (χ0v) is 14.3. The van der Waals surface area contributed by atoms with Gasteiger partial charge in [0.1, 0.15) is 6.04 Å². The highest BCUT2D eigenvalue weighted by Gasteiger charge is 2.30. The molecule has 1 aromatic carbocycles. The summed E-state index contributed by atoms with van der Waals surface area (Å²) in [4.78, 5) is 18.2. The van der Waals surface area contributed by atoms with Crippen LogP contribution in [0.25, 0.3) is 11.4 Å². The van der Waals surface area contributed by atoms with Crippen molar-refractivity contribution < 1.29 is 9.32 Å². The average Bonchev–Trinajstić information content (AvgIpc) is 2.99. The normalized spacial score (nSPS) is 18.5. The summed E-state index contributed by atoms with van der Waals surface area (Å²) in [7, 11) is 0. The van der Waals surface area contributed by atoms with Crippen LogP contribution in [0.15, 0.2) is 27.2 Å². The second kappa shape index (κ2) is 6.20. The number of aryl methyl sites for hydroxylation is 1. The molecule has 3 rings (SSSR count). The molecule has 0 bridgehead atoms. The largest absolute Gasteiger partial charge is 0.337 e. The van der Waals surface area contributed by atoms with Gasteiger partial charge in [-0.25, -0.2) is 0 Å². The maximum atomic E-state index is 11.8. The van der Waals surface area contributed by atoms with E-state index in [-0.39, 0.29) is 11.9 Å². The van der Waals surface area contributed by atoms with Gasteiger partial charge < -0.3 is 9.42 Å². The lowest BCUT2D eigenvalue weighted by Crippen LogP contribution is -2.37. The SMILES string of the molecule is CC(=O)N1CCCCC1c1nc(-c2cc(Br)ccc2C)no1. The number of nitrogens with zero attached hydrogens (tertiary/aromatic N) is 3. The summed E-state index contributed by atoms with van der Waals surface area (Å²) >= 11 is 3.47. The number of carbonyl (C=O) groups excluding carboxylic acids is 1. The first-order chi connectivity index (χ1) is 10.6. The smallest absolute Gasteiger partial charge is 0.249 e.